The molecular formula is C16H27NO2. The quantitative estimate of drug-likeness (QED) is 0.675. The summed E-state index contributed by atoms with van der Waals surface area (Å²) in [6.07, 6.45) is 1.74. The third-order valence-electron chi connectivity index (χ3n) is 3.15. The number of hydrogen-bond acceptors (Lipinski definition) is 3. The van der Waals surface area contributed by atoms with Crippen molar-refractivity contribution >= 4 is 0 Å². The van der Waals surface area contributed by atoms with E-state index in [0.29, 0.717) is 13.2 Å². The molecular weight excluding hydrogens is 238 g/mol. The lowest BCUT2D eigenvalue weighted by Crippen LogP contribution is -2.32. The Balaban J connectivity index is 2.24. The van der Waals surface area contributed by atoms with Crippen molar-refractivity contribution in [3.63, 3.8) is 0 Å². The van der Waals surface area contributed by atoms with Gasteiger partial charge < -0.3 is 15.2 Å². The maximum atomic E-state index is 9.81. The Morgan fingerprint density at radius 1 is 1.37 bits per heavy atom. The van der Waals surface area contributed by atoms with Crippen LogP contribution in [0.5, 0.6) is 0 Å². The van der Waals surface area contributed by atoms with Crippen molar-refractivity contribution in [2.45, 2.75) is 45.8 Å². The summed E-state index contributed by atoms with van der Waals surface area (Å²) in [5.74, 6) is 0. The number of nitrogens with one attached hydrogen (secondary N) is 1. The zero-order valence-corrected chi connectivity index (χ0v) is 12.4. The van der Waals surface area contributed by atoms with E-state index in [-0.39, 0.29) is 6.04 Å². The molecule has 0 bridgehead atoms. The molecule has 19 heavy (non-hydrogen) atoms. The molecule has 0 aliphatic heterocycles. The van der Waals surface area contributed by atoms with Gasteiger partial charge in [-0.25, -0.2) is 0 Å². The summed E-state index contributed by atoms with van der Waals surface area (Å²) >= 11 is 0. The first-order valence-corrected chi connectivity index (χ1v) is 7.19. The fourth-order valence-corrected chi connectivity index (χ4v) is 1.89. The predicted molar refractivity (Wildman–Crippen MR) is 79.3 cm³/mol. The van der Waals surface area contributed by atoms with Crippen molar-refractivity contribution in [2.24, 2.45) is 0 Å². The van der Waals surface area contributed by atoms with E-state index in [2.05, 4.69) is 50.4 Å². The highest BCUT2D eigenvalue weighted by atomic mass is 16.5. The molecule has 1 rings (SSSR count). The van der Waals surface area contributed by atoms with E-state index >= 15 is 0 Å². The van der Waals surface area contributed by atoms with Gasteiger partial charge in [0.2, 0.25) is 0 Å². The summed E-state index contributed by atoms with van der Waals surface area (Å²) in [5, 5.41) is 13.1. The summed E-state index contributed by atoms with van der Waals surface area (Å²) in [4.78, 5) is 0. The van der Waals surface area contributed by atoms with Crippen molar-refractivity contribution in [2.75, 3.05) is 19.8 Å². The fraction of sp³-hybridized carbons (Fsp3) is 0.625. The van der Waals surface area contributed by atoms with Gasteiger partial charge in [0.15, 0.2) is 0 Å². The Kier molecular flexibility index (Phi) is 7.72. The topological polar surface area (TPSA) is 41.5 Å². The summed E-state index contributed by atoms with van der Waals surface area (Å²) in [7, 11) is 0. The monoisotopic (exact) mass is 265 g/mol. The summed E-state index contributed by atoms with van der Waals surface area (Å²) in [5.41, 5.74) is 2.51. The molecule has 0 amide bonds. The van der Waals surface area contributed by atoms with Gasteiger partial charge in [0, 0.05) is 19.2 Å². The SMILES string of the molecule is CCCCOCC(O)CN[C@H](C)c1cccc(C)c1. The summed E-state index contributed by atoms with van der Waals surface area (Å²) in [6.45, 7) is 8.03. The third-order valence-corrected chi connectivity index (χ3v) is 3.15. The number of aliphatic hydroxyl groups excluding tert-OH is 1. The average Bonchev–Trinajstić information content (AvgIpc) is 2.41. The van der Waals surface area contributed by atoms with Crippen LogP contribution < -0.4 is 5.32 Å². The second-order valence-electron chi connectivity index (χ2n) is 5.13. The van der Waals surface area contributed by atoms with Gasteiger partial charge in [-0.3, -0.25) is 0 Å². The normalized spacial score (nSPS) is 14.3. The Labute approximate surface area is 117 Å². The molecule has 3 nitrogen and oxygen atoms in total. The number of benzene rings is 1. The van der Waals surface area contributed by atoms with Crippen LogP contribution in [0.15, 0.2) is 24.3 Å². The molecule has 0 spiro atoms. The summed E-state index contributed by atoms with van der Waals surface area (Å²) in [6, 6.07) is 8.67. The lowest BCUT2D eigenvalue weighted by molar-refractivity contribution is 0.0348. The van der Waals surface area contributed by atoms with Crippen LogP contribution >= 0.6 is 0 Å². The molecule has 1 aromatic rings. The van der Waals surface area contributed by atoms with Crippen LogP contribution in [-0.2, 0) is 4.74 Å². The zero-order chi connectivity index (χ0) is 14.1. The molecule has 2 atom stereocenters. The predicted octanol–water partition coefficient (Wildman–Crippen LogP) is 2.82. The van der Waals surface area contributed by atoms with E-state index in [1.807, 2.05) is 0 Å². The highest BCUT2D eigenvalue weighted by Gasteiger charge is 2.08. The van der Waals surface area contributed by atoms with Crippen LogP contribution in [-0.4, -0.2) is 31.0 Å². The van der Waals surface area contributed by atoms with Crippen LogP contribution in [0.1, 0.15) is 43.9 Å². The van der Waals surface area contributed by atoms with E-state index in [0.717, 1.165) is 19.4 Å². The van der Waals surface area contributed by atoms with E-state index < -0.39 is 6.10 Å². The average molecular weight is 265 g/mol. The van der Waals surface area contributed by atoms with Crippen LogP contribution in [0, 0.1) is 6.92 Å². The van der Waals surface area contributed by atoms with Gasteiger partial charge in [-0.2, -0.15) is 0 Å². The molecule has 3 heteroatoms. The van der Waals surface area contributed by atoms with Crippen molar-refractivity contribution in [3.05, 3.63) is 35.4 Å². The zero-order valence-electron chi connectivity index (χ0n) is 12.4. The molecule has 0 fully saturated rings. The minimum absolute atomic E-state index is 0.241. The highest BCUT2D eigenvalue weighted by molar-refractivity contribution is 5.24. The Hall–Kier alpha value is -0.900. The minimum atomic E-state index is -0.441. The van der Waals surface area contributed by atoms with Crippen molar-refractivity contribution in [1.82, 2.24) is 5.32 Å². The first-order valence-electron chi connectivity index (χ1n) is 7.19. The van der Waals surface area contributed by atoms with Gasteiger partial charge in [-0.05, 0) is 25.8 Å². The van der Waals surface area contributed by atoms with Crippen molar-refractivity contribution in [1.29, 1.82) is 0 Å². The third kappa shape index (κ3) is 6.71. The highest BCUT2D eigenvalue weighted by Crippen LogP contribution is 2.13. The van der Waals surface area contributed by atoms with Crippen LogP contribution in [0.3, 0.4) is 0 Å². The van der Waals surface area contributed by atoms with E-state index in [4.69, 9.17) is 4.74 Å². The molecule has 0 saturated carbocycles. The van der Waals surface area contributed by atoms with Crippen LogP contribution in [0.4, 0.5) is 0 Å². The fourth-order valence-electron chi connectivity index (χ4n) is 1.89. The molecule has 0 heterocycles. The van der Waals surface area contributed by atoms with Gasteiger partial charge >= 0.3 is 0 Å². The van der Waals surface area contributed by atoms with Gasteiger partial charge in [-0.1, -0.05) is 43.2 Å². The molecule has 2 N–H and O–H groups in total. The minimum Gasteiger partial charge on any atom is -0.389 e. The maximum Gasteiger partial charge on any atom is 0.0897 e. The largest absolute Gasteiger partial charge is 0.389 e. The number of ether oxygens (including phenoxy) is 1. The van der Waals surface area contributed by atoms with E-state index in [1.165, 1.54) is 11.1 Å². The Bertz CT molecular complexity index is 354. The van der Waals surface area contributed by atoms with E-state index in [9.17, 15) is 5.11 Å². The van der Waals surface area contributed by atoms with Gasteiger partial charge in [0.1, 0.15) is 0 Å². The smallest absolute Gasteiger partial charge is 0.0897 e. The molecule has 0 saturated heterocycles. The molecule has 1 aromatic carbocycles. The Morgan fingerprint density at radius 2 is 2.16 bits per heavy atom. The molecule has 0 aliphatic rings. The van der Waals surface area contributed by atoms with Gasteiger partial charge in [-0.15, -0.1) is 0 Å². The molecule has 108 valence electrons. The second kappa shape index (κ2) is 9.08. The molecule has 0 aliphatic carbocycles. The molecule has 0 aromatic heterocycles. The second-order valence-corrected chi connectivity index (χ2v) is 5.13. The van der Waals surface area contributed by atoms with Gasteiger partial charge in [0.25, 0.3) is 0 Å². The number of hydrogen-bond donors (Lipinski definition) is 2. The standard InChI is InChI=1S/C16H27NO2/c1-4-5-9-19-12-16(18)11-17-14(3)15-8-6-7-13(2)10-15/h6-8,10,14,16-18H,4-5,9,11-12H2,1-3H3/t14-,16?/m1/s1. The van der Waals surface area contributed by atoms with Gasteiger partial charge in [0.05, 0.1) is 12.7 Å². The number of aryl methyl sites for hydroxylation is 1. The lowest BCUT2D eigenvalue weighted by atomic mass is 10.1. The van der Waals surface area contributed by atoms with Crippen LogP contribution in [0.2, 0.25) is 0 Å². The number of unbranched alkanes of at least 4 members (excludes halogenated alkanes) is 1. The molecule has 1 unspecified atom stereocenters. The van der Waals surface area contributed by atoms with Crippen LogP contribution in [0.25, 0.3) is 0 Å². The number of rotatable bonds is 9. The first kappa shape index (κ1) is 16.2. The van der Waals surface area contributed by atoms with Crippen molar-refractivity contribution in [3.8, 4) is 0 Å². The molecule has 0 radical (unpaired) electrons. The maximum absolute atomic E-state index is 9.81. The van der Waals surface area contributed by atoms with E-state index in [1.54, 1.807) is 0 Å². The summed E-state index contributed by atoms with van der Waals surface area (Å²) < 4.78 is 5.40. The first-order chi connectivity index (χ1) is 9.13. The Morgan fingerprint density at radius 3 is 2.84 bits per heavy atom. The lowest BCUT2D eigenvalue weighted by Gasteiger charge is -2.18. The van der Waals surface area contributed by atoms with Crippen molar-refractivity contribution < 1.29 is 9.84 Å². The number of aliphatic hydroxyl groups is 1.